The number of pyridine rings is 1. The second-order valence-electron chi connectivity index (χ2n) is 4.49. The summed E-state index contributed by atoms with van der Waals surface area (Å²) < 4.78 is 0. The van der Waals surface area contributed by atoms with Crippen molar-refractivity contribution in [3.63, 3.8) is 0 Å². The molecule has 2 rings (SSSR count). The van der Waals surface area contributed by atoms with Gasteiger partial charge < -0.3 is 10.6 Å². The molecule has 0 unspecified atom stereocenters. The maximum atomic E-state index is 5.72. The van der Waals surface area contributed by atoms with Gasteiger partial charge in [-0.05, 0) is 42.7 Å². The highest BCUT2D eigenvalue weighted by atomic mass is 15.2. The summed E-state index contributed by atoms with van der Waals surface area (Å²) >= 11 is 0. The lowest BCUT2D eigenvalue weighted by molar-refractivity contribution is 1.09. The van der Waals surface area contributed by atoms with E-state index in [-0.39, 0.29) is 0 Å². The zero-order chi connectivity index (χ0) is 13.1. The quantitative estimate of drug-likeness (QED) is 0.896. The summed E-state index contributed by atoms with van der Waals surface area (Å²) in [6.07, 6.45) is 2.75. The molecule has 0 atom stereocenters. The highest BCUT2D eigenvalue weighted by molar-refractivity contribution is 5.63. The molecule has 1 heterocycles. The molecule has 0 fully saturated rings. The van der Waals surface area contributed by atoms with E-state index in [1.807, 2.05) is 20.0 Å². The van der Waals surface area contributed by atoms with Crippen LogP contribution < -0.4 is 10.6 Å². The van der Waals surface area contributed by atoms with E-state index in [0.717, 1.165) is 23.5 Å². The topological polar surface area (TPSA) is 42.2 Å². The molecular formula is C15H19N3. The Morgan fingerprint density at radius 2 is 1.89 bits per heavy atom. The first kappa shape index (κ1) is 12.4. The molecule has 18 heavy (non-hydrogen) atoms. The highest BCUT2D eigenvalue weighted by Crippen LogP contribution is 2.25. The molecule has 3 heteroatoms. The molecule has 0 bridgehead atoms. The van der Waals surface area contributed by atoms with Crippen molar-refractivity contribution >= 4 is 17.2 Å². The average Bonchev–Trinajstić information content (AvgIpc) is 2.38. The van der Waals surface area contributed by atoms with Crippen LogP contribution in [0.4, 0.5) is 17.2 Å². The van der Waals surface area contributed by atoms with Crippen LogP contribution in [0.1, 0.15) is 18.1 Å². The molecule has 0 amide bonds. The first-order chi connectivity index (χ1) is 8.61. The number of rotatable bonds is 3. The van der Waals surface area contributed by atoms with Crippen molar-refractivity contribution < 1.29 is 0 Å². The molecule has 94 valence electrons. The molecule has 1 aromatic carbocycles. The monoisotopic (exact) mass is 241 g/mol. The maximum absolute atomic E-state index is 5.72. The summed E-state index contributed by atoms with van der Waals surface area (Å²) in [4.78, 5) is 6.48. The number of nitrogen functional groups attached to an aromatic ring is 1. The van der Waals surface area contributed by atoms with E-state index in [1.165, 1.54) is 5.56 Å². The lowest BCUT2D eigenvalue weighted by Crippen LogP contribution is -2.12. The Hall–Kier alpha value is -2.03. The Bertz CT molecular complexity index is 532. The van der Waals surface area contributed by atoms with Crippen molar-refractivity contribution in [3.8, 4) is 0 Å². The molecule has 0 saturated carbocycles. The van der Waals surface area contributed by atoms with Crippen molar-refractivity contribution in [2.45, 2.75) is 20.3 Å². The van der Waals surface area contributed by atoms with Gasteiger partial charge in [0, 0.05) is 12.7 Å². The average molecular weight is 241 g/mol. The van der Waals surface area contributed by atoms with Crippen LogP contribution in [-0.4, -0.2) is 12.0 Å². The van der Waals surface area contributed by atoms with Gasteiger partial charge in [0.1, 0.15) is 5.82 Å². The predicted octanol–water partition coefficient (Wildman–Crippen LogP) is 3.30. The van der Waals surface area contributed by atoms with Gasteiger partial charge in [0.15, 0.2) is 0 Å². The zero-order valence-electron chi connectivity index (χ0n) is 11.1. The first-order valence-electron chi connectivity index (χ1n) is 6.16. The van der Waals surface area contributed by atoms with Gasteiger partial charge in [0.05, 0.1) is 11.9 Å². The van der Waals surface area contributed by atoms with Crippen LogP contribution in [0.5, 0.6) is 0 Å². The summed E-state index contributed by atoms with van der Waals surface area (Å²) in [6.45, 7) is 4.18. The molecule has 0 aliphatic carbocycles. The Kier molecular flexibility index (Phi) is 3.51. The van der Waals surface area contributed by atoms with Gasteiger partial charge in [-0.3, -0.25) is 0 Å². The standard InChI is InChI=1S/C15H19N3/c1-4-12-5-7-14(8-6-12)18(3)15-11(2)9-13(16)10-17-15/h5-10H,4,16H2,1-3H3. The van der Waals surface area contributed by atoms with Crippen molar-refractivity contribution in [1.29, 1.82) is 0 Å². The number of benzene rings is 1. The number of anilines is 3. The van der Waals surface area contributed by atoms with Crippen LogP contribution >= 0.6 is 0 Å². The minimum absolute atomic E-state index is 0.700. The van der Waals surface area contributed by atoms with Gasteiger partial charge in [-0.25, -0.2) is 4.98 Å². The van der Waals surface area contributed by atoms with Crippen molar-refractivity contribution in [3.05, 3.63) is 47.7 Å². The van der Waals surface area contributed by atoms with Gasteiger partial charge in [0.25, 0.3) is 0 Å². The van der Waals surface area contributed by atoms with E-state index >= 15 is 0 Å². The van der Waals surface area contributed by atoms with Crippen LogP contribution in [0.25, 0.3) is 0 Å². The van der Waals surface area contributed by atoms with E-state index in [4.69, 9.17) is 5.73 Å². The van der Waals surface area contributed by atoms with Gasteiger partial charge in [-0.15, -0.1) is 0 Å². The summed E-state index contributed by atoms with van der Waals surface area (Å²) in [5.74, 6) is 0.938. The van der Waals surface area contributed by atoms with Crippen LogP contribution in [0, 0.1) is 6.92 Å². The molecule has 0 aliphatic rings. The van der Waals surface area contributed by atoms with E-state index in [0.29, 0.717) is 5.69 Å². The van der Waals surface area contributed by atoms with Gasteiger partial charge in [-0.2, -0.15) is 0 Å². The third-order valence-corrected chi connectivity index (χ3v) is 3.12. The fraction of sp³-hybridized carbons (Fsp3) is 0.267. The molecule has 0 saturated heterocycles. The largest absolute Gasteiger partial charge is 0.397 e. The Balaban J connectivity index is 2.31. The molecule has 1 aromatic heterocycles. The highest BCUT2D eigenvalue weighted by Gasteiger charge is 2.08. The third kappa shape index (κ3) is 2.45. The smallest absolute Gasteiger partial charge is 0.135 e. The fourth-order valence-electron chi connectivity index (χ4n) is 2.02. The van der Waals surface area contributed by atoms with Crippen molar-refractivity contribution in [2.75, 3.05) is 17.7 Å². The van der Waals surface area contributed by atoms with Crippen molar-refractivity contribution in [1.82, 2.24) is 4.98 Å². The maximum Gasteiger partial charge on any atom is 0.135 e. The molecule has 0 spiro atoms. The summed E-state index contributed by atoms with van der Waals surface area (Å²) in [5, 5.41) is 0. The van der Waals surface area contributed by atoms with Gasteiger partial charge in [-0.1, -0.05) is 19.1 Å². The van der Waals surface area contributed by atoms with Gasteiger partial charge in [0.2, 0.25) is 0 Å². The van der Waals surface area contributed by atoms with Crippen LogP contribution in [0.15, 0.2) is 36.5 Å². The number of nitrogens with two attached hydrogens (primary N) is 1. The number of hydrogen-bond acceptors (Lipinski definition) is 3. The first-order valence-corrected chi connectivity index (χ1v) is 6.16. The summed E-state index contributed by atoms with van der Waals surface area (Å²) in [7, 11) is 2.02. The SMILES string of the molecule is CCc1ccc(N(C)c2ncc(N)cc2C)cc1. The molecule has 0 aliphatic heterocycles. The Morgan fingerprint density at radius 3 is 2.44 bits per heavy atom. The van der Waals surface area contributed by atoms with Crippen molar-refractivity contribution in [2.24, 2.45) is 0 Å². The van der Waals surface area contributed by atoms with E-state index in [1.54, 1.807) is 6.20 Å². The summed E-state index contributed by atoms with van der Waals surface area (Å²) in [6, 6.07) is 10.5. The minimum Gasteiger partial charge on any atom is -0.397 e. The lowest BCUT2D eigenvalue weighted by atomic mass is 10.1. The Morgan fingerprint density at radius 1 is 1.22 bits per heavy atom. The zero-order valence-corrected chi connectivity index (χ0v) is 11.1. The predicted molar refractivity (Wildman–Crippen MR) is 77.3 cm³/mol. The number of hydrogen-bond donors (Lipinski definition) is 1. The second kappa shape index (κ2) is 5.08. The Labute approximate surface area is 108 Å². The molecule has 2 aromatic rings. The van der Waals surface area contributed by atoms with Crippen LogP contribution in [-0.2, 0) is 6.42 Å². The molecule has 3 nitrogen and oxygen atoms in total. The second-order valence-corrected chi connectivity index (χ2v) is 4.49. The van der Waals surface area contributed by atoms with E-state index < -0.39 is 0 Å². The molecule has 2 N–H and O–H groups in total. The molecule has 0 radical (unpaired) electrons. The fourth-order valence-corrected chi connectivity index (χ4v) is 2.02. The lowest BCUT2D eigenvalue weighted by Gasteiger charge is -2.20. The minimum atomic E-state index is 0.700. The van der Waals surface area contributed by atoms with Gasteiger partial charge >= 0.3 is 0 Å². The van der Waals surface area contributed by atoms with E-state index in [2.05, 4.69) is 41.1 Å². The van der Waals surface area contributed by atoms with Crippen LogP contribution in [0.3, 0.4) is 0 Å². The number of nitrogens with zero attached hydrogens (tertiary/aromatic N) is 2. The third-order valence-electron chi connectivity index (χ3n) is 3.12. The normalized spacial score (nSPS) is 10.4. The number of aromatic nitrogens is 1. The number of aryl methyl sites for hydroxylation is 2. The van der Waals surface area contributed by atoms with E-state index in [9.17, 15) is 0 Å². The van der Waals surface area contributed by atoms with Crippen LogP contribution in [0.2, 0.25) is 0 Å². The summed E-state index contributed by atoms with van der Waals surface area (Å²) in [5.41, 5.74) is 9.98. The molecular weight excluding hydrogens is 222 g/mol.